The minimum Gasteiger partial charge on any atom is -0.454 e. The summed E-state index contributed by atoms with van der Waals surface area (Å²) >= 11 is 11.5. The van der Waals surface area contributed by atoms with Crippen molar-refractivity contribution in [1.29, 1.82) is 0 Å². The summed E-state index contributed by atoms with van der Waals surface area (Å²) in [6.45, 7) is -1.25. The maximum Gasteiger partial charge on any atom is 0.387 e. The largest absolute Gasteiger partial charge is 0.454 e. The fourth-order valence-corrected chi connectivity index (χ4v) is 2.02. The first-order valence-corrected chi connectivity index (χ1v) is 7.19. The quantitative estimate of drug-likeness (QED) is 0.560. The van der Waals surface area contributed by atoms with Gasteiger partial charge in [-0.05, 0) is 30.7 Å². The van der Waals surface area contributed by atoms with E-state index in [-0.39, 0.29) is 21.5 Å². The molecule has 2 rings (SSSR count). The van der Waals surface area contributed by atoms with Crippen LogP contribution in [0.3, 0.4) is 0 Å². The topological polar surface area (TPSA) is 48.4 Å². The Balaban J connectivity index is 2.04. The lowest BCUT2D eigenvalue weighted by molar-refractivity contribution is -0.0498. The van der Waals surface area contributed by atoms with E-state index in [1.165, 1.54) is 36.5 Å². The van der Waals surface area contributed by atoms with Crippen molar-refractivity contribution in [3.8, 4) is 5.75 Å². The number of halogens is 4. The number of alkyl halides is 2. The first-order chi connectivity index (χ1) is 10.9. The summed E-state index contributed by atoms with van der Waals surface area (Å²) in [6.07, 6.45) is 0.653. The molecule has 122 valence electrons. The lowest BCUT2D eigenvalue weighted by Crippen LogP contribution is -2.10. The molecular formula is C15H11Cl2F2NO3. The molecule has 0 aliphatic carbocycles. The van der Waals surface area contributed by atoms with Crippen LogP contribution in [0.15, 0.2) is 36.5 Å². The summed E-state index contributed by atoms with van der Waals surface area (Å²) < 4.78 is 33.7. The van der Waals surface area contributed by atoms with E-state index in [2.05, 4.69) is 9.72 Å². The summed E-state index contributed by atoms with van der Waals surface area (Å²) in [6, 6.07) is 7.15. The van der Waals surface area contributed by atoms with Crippen molar-refractivity contribution in [1.82, 2.24) is 4.98 Å². The van der Waals surface area contributed by atoms with E-state index in [9.17, 15) is 13.6 Å². The van der Waals surface area contributed by atoms with Gasteiger partial charge in [-0.1, -0.05) is 35.3 Å². The number of esters is 1. The Morgan fingerprint density at radius 3 is 2.43 bits per heavy atom. The van der Waals surface area contributed by atoms with E-state index < -0.39 is 18.7 Å². The minimum absolute atomic E-state index is 0.0240. The van der Waals surface area contributed by atoms with Gasteiger partial charge in [-0.2, -0.15) is 8.78 Å². The molecule has 0 spiro atoms. The van der Waals surface area contributed by atoms with Crippen molar-refractivity contribution in [2.45, 2.75) is 19.6 Å². The Kier molecular flexibility index (Phi) is 5.74. The van der Waals surface area contributed by atoms with Gasteiger partial charge in [0.15, 0.2) is 0 Å². The summed E-state index contributed by atoms with van der Waals surface area (Å²) in [5.74, 6) is -0.604. The Morgan fingerprint density at radius 2 is 1.87 bits per heavy atom. The molecule has 23 heavy (non-hydrogen) atoms. The highest BCUT2D eigenvalue weighted by Gasteiger charge is 2.16. The van der Waals surface area contributed by atoms with Gasteiger partial charge in [0.25, 0.3) is 0 Å². The van der Waals surface area contributed by atoms with Crippen molar-refractivity contribution in [2.24, 2.45) is 0 Å². The van der Waals surface area contributed by atoms with Crippen LogP contribution in [0.25, 0.3) is 0 Å². The normalized spacial score (nSPS) is 12.1. The molecule has 0 aliphatic rings. The molecule has 0 saturated heterocycles. The van der Waals surface area contributed by atoms with Crippen molar-refractivity contribution < 1.29 is 23.0 Å². The van der Waals surface area contributed by atoms with E-state index in [4.69, 9.17) is 27.9 Å². The Morgan fingerprint density at radius 1 is 1.22 bits per heavy atom. The van der Waals surface area contributed by atoms with Gasteiger partial charge in [0.1, 0.15) is 17.0 Å². The first kappa shape index (κ1) is 17.4. The molecule has 1 aromatic carbocycles. The summed E-state index contributed by atoms with van der Waals surface area (Å²) in [5, 5.41) is 0.230. The molecule has 1 unspecified atom stereocenters. The number of pyridine rings is 1. The fourth-order valence-electron chi connectivity index (χ4n) is 1.75. The third kappa shape index (κ3) is 4.77. The average Bonchev–Trinajstić information content (AvgIpc) is 2.50. The van der Waals surface area contributed by atoms with Gasteiger partial charge in [0, 0.05) is 6.20 Å². The highest BCUT2D eigenvalue weighted by Crippen LogP contribution is 2.24. The maximum absolute atomic E-state index is 12.1. The zero-order valence-electron chi connectivity index (χ0n) is 11.8. The molecule has 1 aromatic heterocycles. The summed E-state index contributed by atoms with van der Waals surface area (Å²) in [4.78, 5) is 15.8. The molecule has 2 aromatic rings. The van der Waals surface area contributed by atoms with E-state index >= 15 is 0 Å². The molecule has 0 amide bonds. The van der Waals surface area contributed by atoms with E-state index in [0.717, 1.165) is 0 Å². The van der Waals surface area contributed by atoms with Gasteiger partial charge in [0.05, 0.1) is 10.6 Å². The standard InChI is InChI=1S/C15H11Cl2F2NO3/c1-8(9-2-4-11(5-3-9)23-15(18)19)22-14(21)10-6-12(16)13(17)20-7-10/h2-8,15H,1H3. The molecule has 1 atom stereocenters. The second-order valence-electron chi connectivity index (χ2n) is 4.49. The number of aromatic nitrogens is 1. The number of benzene rings is 1. The number of hydrogen-bond donors (Lipinski definition) is 0. The smallest absolute Gasteiger partial charge is 0.387 e. The molecule has 0 aliphatic heterocycles. The highest BCUT2D eigenvalue weighted by molar-refractivity contribution is 6.41. The molecule has 0 saturated carbocycles. The highest BCUT2D eigenvalue weighted by atomic mass is 35.5. The van der Waals surface area contributed by atoms with E-state index in [1.54, 1.807) is 6.92 Å². The van der Waals surface area contributed by atoms with Crippen LogP contribution < -0.4 is 4.74 Å². The molecule has 0 fully saturated rings. The van der Waals surface area contributed by atoms with Crippen LogP contribution in [0.5, 0.6) is 5.75 Å². The van der Waals surface area contributed by atoms with E-state index in [1.807, 2.05) is 0 Å². The Bertz CT molecular complexity index is 696. The maximum atomic E-state index is 12.1. The monoisotopic (exact) mass is 361 g/mol. The first-order valence-electron chi connectivity index (χ1n) is 6.43. The van der Waals surface area contributed by atoms with Crippen molar-refractivity contribution in [3.05, 3.63) is 57.8 Å². The predicted octanol–water partition coefficient (Wildman–Crippen LogP) is 4.91. The van der Waals surface area contributed by atoms with Crippen LogP contribution in [0.4, 0.5) is 8.78 Å². The van der Waals surface area contributed by atoms with Gasteiger partial charge >= 0.3 is 12.6 Å². The number of hydrogen-bond acceptors (Lipinski definition) is 4. The Hall–Kier alpha value is -1.92. The Labute approximate surface area is 140 Å². The van der Waals surface area contributed by atoms with Crippen LogP contribution in [0.1, 0.15) is 28.9 Å². The van der Waals surface area contributed by atoms with Gasteiger partial charge < -0.3 is 9.47 Å². The lowest BCUT2D eigenvalue weighted by atomic mass is 10.1. The average molecular weight is 362 g/mol. The zero-order valence-corrected chi connectivity index (χ0v) is 13.3. The molecule has 0 bridgehead atoms. The molecule has 0 N–H and O–H groups in total. The van der Waals surface area contributed by atoms with Gasteiger partial charge in [-0.3, -0.25) is 0 Å². The SMILES string of the molecule is CC(OC(=O)c1cnc(Cl)c(Cl)c1)c1ccc(OC(F)F)cc1. The predicted molar refractivity (Wildman–Crippen MR) is 81.2 cm³/mol. The molecule has 4 nitrogen and oxygen atoms in total. The minimum atomic E-state index is -2.89. The second kappa shape index (κ2) is 7.57. The molecule has 0 radical (unpaired) electrons. The van der Waals surface area contributed by atoms with Crippen molar-refractivity contribution >= 4 is 29.2 Å². The van der Waals surface area contributed by atoms with E-state index in [0.29, 0.717) is 5.56 Å². The molecule has 8 heteroatoms. The van der Waals surface area contributed by atoms with Crippen molar-refractivity contribution in [2.75, 3.05) is 0 Å². The third-order valence-electron chi connectivity index (χ3n) is 2.89. The summed E-state index contributed by atoms with van der Waals surface area (Å²) in [7, 11) is 0. The van der Waals surface area contributed by atoms with Gasteiger partial charge in [-0.25, -0.2) is 9.78 Å². The van der Waals surface area contributed by atoms with Crippen LogP contribution in [-0.2, 0) is 4.74 Å². The van der Waals surface area contributed by atoms with Gasteiger partial charge in [0.2, 0.25) is 0 Å². The van der Waals surface area contributed by atoms with Crippen LogP contribution in [0.2, 0.25) is 10.2 Å². The number of carbonyl (C=O) groups excluding carboxylic acids is 1. The third-order valence-corrected chi connectivity index (χ3v) is 3.58. The number of ether oxygens (including phenoxy) is 2. The molecular weight excluding hydrogens is 351 g/mol. The van der Waals surface area contributed by atoms with Crippen molar-refractivity contribution in [3.63, 3.8) is 0 Å². The number of rotatable bonds is 5. The van der Waals surface area contributed by atoms with Gasteiger partial charge in [-0.15, -0.1) is 0 Å². The zero-order chi connectivity index (χ0) is 17.0. The lowest BCUT2D eigenvalue weighted by Gasteiger charge is -2.14. The number of nitrogens with zero attached hydrogens (tertiary/aromatic N) is 1. The fraction of sp³-hybridized carbons (Fsp3) is 0.200. The van der Waals surface area contributed by atoms with Crippen LogP contribution in [0, 0.1) is 0 Å². The van der Waals surface area contributed by atoms with Crippen LogP contribution >= 0.6 is 23.2 Å². The van der Waals surface area contributed by atoms with Crippen LogP contribution in [-0.4, -0.2) is 17.6 Å². The second-order valence-corrected chi connectivity index (χ2v) is 5.26. The summed E-state index contributed by atoms with van der Waals surface area (Å²) in [5.41, 5.74) is 0.775. The number of carbonyl (C=O) groups is 1. The molecule has 1 heterocycles.